The maximum absolute atomic E-state index is 10.0. The molecule has 6 heteroatoms. The van der Waals surface area contributed by atoms with Crippen LogP contribution in [0.2, 0.25) is 0 Å². The molecule has 0 amide bonds. The molecule has 0 unspecified atom stereocenters. The SMILES string of the molecule is O[C@H](CSCCc1ccncc1)[C@@H](O)CSCCc1ccncc1. The van der Waals surface area contributed by atoms with Gasteiger partial charge in [-0.1, -0.05) is 0 Å². The van der Waals surface area contributed by atoms with Crippen LogP contribution in [-0.4, -0.2) is 55.4 Å². The van der Waals surface area contributed by atoms with Crippen molar-refractivity contribution in [3.8, 4) is 0 Å². The van der Waals surface area contributed by atoms with Gasteiger partial charge in [0.1, 0.15) is 0 Å². The van der Waals surface area contributed by atoms with E-state index in [-0.39, 0.29) is 0 Å². The van der Waals surface area contributed by atoms with Crippen LogP contribution < -0.4 is 0 Å². The fraction of sp³-hybridized carbons (Fsp3) is 0.444. The van der Waals surface area contributed by atoms with E-state index in [0.717, 1.165) is 24.3 Å². The number of hydrogen-bond donors (Lipinski definition) is 2. The summed E-state index contributed by atoms with van der Waals surface area (Å²) in [5.41, 5.74) is 2.50. The summed E-state index contributed by atoms with van der Waals surface area (Å²) in [5.74, 6) is 3.00. The van der Waals surface area contributed by atoms with Crippen molar-refractivity contribution < 1.29 is 10.2 Å². The number of aliphatic hydroxyl groups excluding tert-OH is 2. The summed E-state index contributed by atoms with van der Waals surface area (Å²) in [7, 11) is 0. The average Bonchev–Trinajstić information content (AvgIpc) is 2.63. The zero-order valence-corrected chi connectivity index (χ0v) is 15.3. The van der Waals surface area contributed by atoms with Crippen molar-refractivity contribution in [2.24, 2.45) is 0 Å². The minimum atomic E-state index is -0.666. The van der Waals surface area contributed by atoms with E-state index in [1.165, 1.54) is 11.1 Å². The second kappa shape index (κ2) is 11.5. The molecule has 2 heterocycles. The van der Waals surface area contributed by atoms with Crippen LogP contribution in [0.5, 0.6) is 0 Å². The molecular formula is C18H24N2O2S2. The molecular weight excluding hydrogens is 340 g/mol. The van der Waals surface area contributed by atoms with Gasteiger partial charge in [0.05, 0.1) is 12.2 Å². The Balaban J connectivity index is 1.52. The number of rotatable bonds is 11. The van der Waals surface area contributed by atoms with Crippen molar-refractivity contribution in [3.63, 3.8) is 0 Å². The summed E-state index contributed by atoms with van der Waals surface area (Å²) in [6, 6.07) is 8.02. The van der Waals surface area contributed by atoms with Crippen molar-refractivity contribution >= 4 is 23.5 Å². The Labute approximate surface area is 152 Å². The minimum Gasteiger partial charge on any atom is -0.390 e. The van der Waals surface area contributed by atoms with Gasteiger partial charge >= 0.3 is 0 Å². The zero-order chi connectivity index (χ0) is 17.0. The van der Waals surface area contributed by atoms with E-state index in [0.29, 0.717) is 11.5 Å². The first kappa shape index (κ1) is 19.2. The number of thioether (sulfide) groups is 2. The molecule has 0 saturated heterocycles. The first-order valence-corrected chi connectivity index (χ1v) is 10.4. The largest absolute Gasteiger partial charge is 0.390 e. The summed E-state index contributed by atoms with van der Waals surface area (Å²) in [4.78, 5) is 7.99. The third-order valence-corrected chi connectivity index (χ3v) is 5.73. The average molecular weight is 365 g/mol. The normalized spacial score (nSPS) is 13.6. The predicted octanol–water partition coefficient (Wildman–Crippen LogP) is 2.45. The smallest absolute Gasteiger partial charge is 0.0897 e. The molecule has 0 radical (unpaired) electrons. The number of aryl methyl sites for hydroxylation is 2. The number of aromatic nitrogens is 2. The molecule has 0 bridgehead atoms. The highest BCUT2D eigenvalue weighted by atomic mass is 32.2. The van der Waals surface area contributed by atoms with Gasteiger partial charge in [-0.3, -0.25) is 9.97 Å². The van der Waals surface area contributed by atoms with Gasteiger partial charge in [0, 0.05) is 36.3 Å². The predicted molar refractivity (Wildman–Crippen MR) is 103 cm³/mol. The maximum Gasteiger partial charge on any atom is 0.0897 e. The van der Waals surface area contributed by atoms with E-state index in [1.54, 1.807) is 48.3 Å². The molecule has 0 spiro atoms. The number of pyridine rings is 2. The lowest BCUT2D eigenvalue weighted by atomic mass is 10.2. The lowest BCUT2D eigenvalue weighted by molar-refractivity contribution is 0.0500. The lowest BCUT2D eigenvalue weighted by Crippen LogP contribution is -2.30. The van der Waals surface area contributed by atoms with Gasteiger partial charge in [0.15, 0.2) is 0 Å². The lowest BCUT2D eigenvalue weighted by Gasteiger charge is -2.17. The van der Waals surface area contributed by atoms with E-state index in [4.69, 9.17) is 0 Å². The molecule has 0 aliphatic rings. The van der Waals surface area contributed by atoms with E-state index in [1.807, 2.05) is 24.3 Å². The second-order valence-corrected chi connectivity index (χ2v) is 7.80. The Kier molecular flexibility index (Phi) is 9.20. The highest BCUT2D eigenvalue weighted by Crippen LogP contribution is 2.13. The molecule has 0 saturated carbocycles. The molecule has 0 aliphatic heterocycles. The van der Waals surface area contributed by atoms with Gasteiger partial charge in [0.2, 0.25) is 0 Å². The first-order valence-electron chi connectivity index (χ1n) is 8.05. The van der Waals surface area contributed by atoms with Crippen LogP contribution in [0.15, 0.2) is 49.1 Å². The van der Waals surface area contributed by atoms with E-state index in [2.05, 4.69) is 9.97 Å². The summed E-state index contributed by atoms with van der Waals surface area (Å²) in [5, 5.41) is 20.1. The molecule has 0 fully saturated rings. The Hall–Kier alpha value is -1.08. The van der Waals surface area contributed by atoms with Crippen LogP contribution in [0.3, 0.4) is 0 Å². The second-order valence-electron chi connectivity index (χ2n) is 5.50. The molecule has 2 aromatic rings. The Morgan fingerprint density at radius 1 is 0.708 bits per heavy atom. The Morgan fingerprint density at radius 3 is 1.46 bits per heavy atom. The van der Waals surface area contributed by atoms with Crippen LogP contribution in [-0.2, 0) is 12.8 Å². The molecule has 2 aromatic heterocycles. The summed E-state index contributed by atoms with van der Waals surface area (Å²) >= 11 is 3.35. The Morgan fingerprint density at radius 2 is 1.08 bits per heavy atom. The van der Waals surface area contributed by atoms with Gasteiger partial charge < -0.3 is 10.2 Å². The third-order valence-electron chi connectivity index (χ3n) is 3.59. The molecule has 4 nitrogen and oxygen atoms in total. The molecule has 130 valence electrons. The van der Waals surface area contributed by atoms with Crippen LogP contribution >= 0.6 is 23.5 Å². The zero-order valence-electron chi connectivity index (χ0n) is 13.6. The fourth-order valence-corrected chi connectivity index (χ4v) is 4.13. The van der Waals surface area contributed by atoms with Crippen LogP contribution in [0.4, 0.5) is 0 Å². The van der Waals surface area contributed by atoms with Crippen molar-refractivity contribution in [2.45, 2.75) is 25.0 Å². The number of aliphatic hydroxyl groups is 2. The van der Waals surface area contributed by atoms with Gasteiger partial charge in [-0.2, -0.15) is 23.5 Å². The monoisotopic (exact) mass is 364 g/mol. The summed E-state index contributed by atoms with van der Waals surface area (Å²) in [6.07, 6.45) is 7.75. The molecule has 0 aromatic carbocycles. The Bertz CT molecular complexity index is 506. The van der Waals surface area contributed by atoms with Crippen LogP contribution in [0, 0.1) is 0 Å². The first-order chi connectivity index (χ1) is 11.8. The van der Waals surface area contributed by atoms with Crippen molar-refractivity contribution in [1.29, 1.82) is 0 Å². The summed E-state index contributed by atoms with van der Waals surface area (Å²) in [6.45, 7) is 0. The highest BCUT2D eigenvalue weighted by molar-refractivity contribution is 7.99. The highest BCUT2D eigenvalue weighted by Gasteiger charge is 2.16. The standard InChI is InChI=1S/C18H24N2O2S2/c21-17(13-23-11-5-15-1-7-19-8-2-15)18(22)14-24-12-6-16-3-9-20-10-4-16/h1-4,7-10,17-18,21-22H,5-6,11-14H2/t17-,18+. The van der Waals surface area contributed by atoms with E-state index >= 15 is 0 Å². The van der Waals surface area contributed by atoms with Crippen molar-refractivity contribution in [1.82, 2.24) is 9.97 Å². The molecule has 2 rings (SSSR count). The van der Waals surface area contributed by atoms with Crippen LogP contribution in [0.1, 0.15) is 11.1 Å². The van der Waals surface area contributed by atoms with E-state index in [9.17, 15) is 10.2 Å². The summed E-state index contributed by atoms with van der Waals surface area (Å²) < 4.78 is 0. The van der Waals surface area contributed by atoms with E-state index < -0.39 is 12.2 Å². The topological polar surface area (TPSA) is 66.2 Å². The molecule has 2 N–H and O–H groups in total. The number of hydrogen-bond acceptors (Lipinski definition) is 6. The molecule has 0 aliphatic carbocycles. The third kappa shape index (κ3) is 7.66. The van der Waals surface area contributed by atoms with Crippen molar-refractivity contribution in [3.05, 3.63) is 60.2 Å². The van der Waals surface area contributed by atoms with Gasteiger partial charge in [-0.15, -0.1) is 0 Å². The molecule has 2 atom stereocenters. The fourth-order valence-electron chi connectivity index (χ4n) is 2.11. The molecule has 24 heavy (non-hydrogen) atoms. The van der Waals surface area contributed by atoms with Gasteiger partial charge in [0.25, 0.3) is 0 Å². The minimum absolute atomic E-state index is 0.567. The maximum atomic E-state index is 10.0. The number of nitrogens with zero attached hydrogens (tertiary/aromatic N) is 2. The van der Waals surface area contributed by atoms with Gasteiger partial charge in [-0.25, -0.2) is 0 Å². The van der Waals surface area contributed by atoms with Gasteiger partial charge in [-0.05, 0) is 59.7 Å². The quantitative estimate of drug-likeness (QED) is 0.597. The van der Waals surface area contributed by atoms with Crippen LogP contribution in [0.25, 0.3) is 0 Å². The van der Waals surface area contributed by atoms with Crippen molar-refractivity contribution in [2.75, 3.05) is 23.0 Å².